The Labute approximate surface area is 89.3 Å². The second kappa shape index (κ2) is 4.29. The second-order valence-corrected chi connectivity index (χ2v) is 3.79. The highest BCUT2D eigenvalue weighted by molar-refractivity contribution is 7.80. The maximum Gasteiger partial charge on any atom is 0.348 e. The Morgan fingerprint density at radius 1 is 1.86 bits per heavy atom. The molecule has 1 aromatic heterocycles. The van der Waals surface area contributed by atoms with Gasteiger partial charge in [-0.3, -0.25) is 10.1 Å². The first-order valence-corrected chi connectivity index (χ1v) is 4.97. The normalized spacial score (nSPS) is 9.79. The van der Waals surface area contributed by atoms with E-state index in [0.717, 1.165) is 11.3 Å². The van der Waals surface area contributed by atoms with Crippen molar-refractivity contribution in [2.75, 3.05) is 5.32 Å². The van der Waals surface area contributed by atoms with E-state index < -0.39 is 4.92 Å². The zero-order chi connectivity index (χ0) is 10.7. The first-order valence-electron chi connectivity index (χ1n) is 3.75. The van der Waals surface area contributed by atoms with Crippen LogP contribution in [-0.2, 0) is 6.42 Å². The average molecular weight is 232 g/mol. The number of aryl methyl sites for hydroxylation is 1. The number of nitrogens with two attached hydrogens (primary N) is 1. The number of nitrogens with one attached hydrogen (secondary N) is 1. The molecule has 14 heavy (non-hydrogen) atoms. The van der Waals surface area contributed by atoms with Gasteiger partial charge in [-0.15, -0.1) is 0 Å². The summed E-state index contributed by atoms with van der Waals surface area (Å²) in [6.45, 7) is 1.80. The molecule has 3 N–H and O–H groups in total. The highest BCUT2D eigenvalue weighted by Gasteiger charge is 2.19. The van der Waals surface area contributed by atoms with Gasteiger partial charge in [0.1, 0.15) is 5.69 Å². The molecule has 1 rings (SSSR count). The Morgan fingerprint density at radius 3 is 2.86 bits per heavy atom. The van der Waals surface area contributed by atoms with Gasteiger partial charge in [-0.2, -0.15) is 0 Å². The van der Waals surface area contributed by atoms with Gasteiger partial charge >= 0.3 is 5.00 Å². The Kier molecular flexibility index (Phi) is 3.31. The van der Waals surface area contributed by atoms with Gasteiger partial charge in [0.15, 0.2) is 10.2 Å². The first-order chi connectivity index (χ1) is 6.54. The van der Waals surface area contributed by atoms with Crippen molar-refractivity contribution in [3.63, 3.8) is 0 Å². The maximum atomic E-state index is 10.6. The minimum absolute atomic E-state index is 0.0336. The molecule has 0 saturated heterocycles. The highest BCUT2D eigenvalue weighted by Crippen LogP contribution is 2.30. The monoisotopic (exact) mass is 232 g/mol. The summed E-state index contributed by atoms with van der Waals surface area (Å²) < 4.78 is 0. The third-order valence-electron chi connectivity index (χ3n) is 1.41. The molecule has 1 heterocycles. The third kappa shape index (κ3) is 2.36. The predicted molar refractivity (Wildman–Crippen MR) is 58.6 cm³/mol. The van der Waals surface area contributed by atoms with Crippen LogP contribution in [0.3, 0.4) is 0 Å². The van der Waals surface area contributed by atoms with Crippen molar-refractivity contribution in [2.45, 2.75) is 13.3 Å². The number of nitrogens with zero attached hydrogens (tertiary/aromatic N) is 2. The molecule has 6 nitrogen and oxygen atoms in total. The van der Waals surface area contributed by atoms with E-state index in [1.54, 1.807) is 6.92 Å². The fourth-order valence-electron chi connectivity index (χ4n) is 0.875. The topological polar surface area (TPSA) is 94.1 Å². The SMILES string of the molecule is CCc1nc(NC(N)=S)sc1[N+](=O)[O-]. The lowest BCUT2D eigenvalue weighted by Crippen LogP contribution is -2.18. The fraction of sp³-hybridized carbons (Fsp3) is 0.333. The molecule has 0 unspecified atom stereocenters. The van der Waals surface area contributed by atoms with E-state index in [1.165, 1.54) is 0 Å². The molecule has 0 saturated carbocycles. The minimum Gasteiger partial charge on any atom is -0.376 e. The van der Waals surface area contributed by atoms with Crippen LogP contribution in [0.25, 0.3) is 0 Å². The van der Waals surface area contributed by atoms with Crippen LogP contribution < -0.4 is 11.1 Å². The van der Waals surface area contributed by atoms with Crippen LogP contribution in [0.1, 0.15) is 12.6 Å². The van der Waals surface area contributed by atoms with Crippen molar-refractivity contribution in [1.82, 2.24) is 4.98 Å². The Hall–Kier alpha value is -1.28. The molecule has 0 fully saturated rings. The molecule has 0 radical (unpaired) electrons. The first kappa shape index (κ1) is 10.8. The van der Waals surface area contributed by atoms with Gasteiger partial charge in [0, 0.05) is 0 Å². The molecule has 0 aliphatic carbocycles. The largest absolute Gasteiger partial charge is 0.376 e. The lowest BCUT2D eigenvalue weighted by molar-refractivity contribution is -0.381. The summed E-state index contributed by atoms with van der Waals surface area (Å²) >= 11 is 5.53. The molecule has 8 heteroatoms. The maximum absolute atomic E-state index is 10.6. The molecule has 0 atom stereocenters. The molecule has 1 aromatic rings. The number of aromatic nitrogens is 1. The summed E-state index contributed by atoms with van der Waals surface area (Å²) in [6, 6.07) is 0. The molecule has 0 bridgehead atoms. The number of thiocarbonyl (C=S) groups is 1. The van der Waals surface area contributed by atoms with Crippen LogP contribution in [0.5, 0.6) is 0 Å². The molecule has 0 amide bonds. The lowest BCUT2D eigenvalue weighted by Gasteiger charge is -1.94. The smallest absolute Gasteiger partial charge is 0.348 e. The molecule has 0 aromatic carbocycles. The summed E-state index contributed by atoms with van der Waals surface area (Å²) in [7, 11) is 0. The van der Waals surface area contributed by atoms with E-state index in [-0.39, 0.29) is 10.1 Å². The summed E-state index contributed by atoms with van der Waals surface area (Å²) in [5.41, 5.74) is 5.66. The Morgan fingerprint density at radius 2 is 2.50 bits per heavy atom. The van der Waals surface area contributed by atoms with Crippen molar-refractivity contribution >= 4 is 38.8 Å². The zero-order valence-electron chi connectivity index (χ0n) is 7.31. The third-order valence-corrected chi connectivity index (χ3v) is 2.47. The molecular formula is C6H8N4O2S2. The highest BCUT2D eigenvalue weighted by atomic mass is 32.1. The number of anilines is 1. The standard InChI is InChI=1S/C6H8N4O2S2/c1-2-3-4(10(11)12)14-6(8-3)9-5(7)13/h2H2,1H3,(H3,7,8,9,13). The molecule has 0 aliphatic heterocycles. The van der Waals surface area contributed by atoms with E-state index in [0.29, 0.717) is 17.2 Å². The van der Waals surface area contributed by atoms with Crippen molar-refractivity contribution in [3.8, 4) is 0 Å². The minimum atomic E-state index is -0.457. The van der Waals surface area contributed by atoms with Crippen LogP contribution in [0, 0.1) is 10.1 Å². The van der Waals surface area contributed by atoms with E-state index in [2.05, 4.69) is 22.5 Å². The number of nitro groups is 1. The molecular weight excluding hydrogens is 224 g/mol. The van der Waals surface area contributed by atoms with E-state index >= 15 is 0 Å². The summed E-state index contributed by atoms with van der Waals surface area (Å²) in [5, 5.41) is 13.6. The average Bonchev–Trinajstić information content (AvgIpc) is 2.46. The van der Waals surface area contributed by atoms with Gasteiger partial charge < -0.3 is 11.1 Å². The summed E-state index contributed by atoms with van der Waals surface area (Å²) in [4.78, 5) is 14.1. The second-order valence-electron chi connectivity index (χ2n) is 2.37. The van der Waals surface area contributed by atoms with Crippen LogP contribution >= 0.6 is 23.6 Å². The predicted octanol–water partition coefficient (Wildman–Crippen LogP) is 1.27. The molecule has 0 aliphatic rings. The van der Waals surface area contributed by atoms with Crippen LogP contribution in [0.15, 0.2) is 0 Å². The van der Waals surface area contributed by atoms with Crippen molar-refractivity contribution in [2.24, 2.45) is 5.73 Å². The number of thiazole rings is 1. The number of hydrogen-bond donors (Lipinski definition) is 2. The van der Waals surface area contributed by atoms with Crippen LogP contribution in [0.4, 0.5) is 10.1 Å². The number of rotatable bonds is 3. The van der Waals surface area contributed by atoms with E-state index in [4.69, 9.17) is 5.73 Å². The van der Waals surface area contributed by atoms with Crippen molar-refractivity contribution in [3.05, 3.63) is 15.8 Å². The van der Waals surface area contributed by atoms with Gasteiger partial charge in [-0.1, -0.05) is 6.92 Å². The van der Waals surface area contributed by atoms with Crippen molar-refractivity contribution < 1.29 is 4.92 Å². The lowest BCUT2D eigenvalue weighted by atomic mass is 10.4. The quantitative estimate of drug-likeness (QED) is 0.463. The molecule has 76 valence electrons. The molecule has 0 spiro atoms. The summed E-state index contributed by atoms with van der Waals surface area (Å²) in [5.74, 6) is 0. The van der Waals surface area contributed by atoms with Gasteiger partial charge in [-0.25, -0.2) is 4.98 Å². The van der Waals surface area contributed by atoms with Crippen LogP contribution in [-0.4, -0.2) is 15.0 Å². The fourth-order valence-corrected chi connectivity index (χ4v) is 1.92. The number of hydrogen-bond acceptors (Lipinski definition) is 5. The van der Waals surface area contributed by atoms with E-state index in [9.17, 15) is 10.1 Å². The Bertz CT molecular complexity index is 376. The van der Waals surface area contributed by atoms with Gasteiger partial charge in [0.05, 0.1) is 4.92 Å². The Balaban J connectivity index is 3.00. The van der Waals surface area contributed by atoms with Crippen molar-refractivity contribution in [1.29, 1.82) is 0 Å². The van der Waals surface area contributed by atoms with E-state index in [1.807, 2.05) is 0 Å². The van der Waals surface area contributed by atoms with Gasteiger partial charge in [0.25, 0.3) is 0 Å². The summed E-state index contributed by atoms with van der Waals surface area (Å²) in [6.07, 6.45) is 0.506. The van der Waals surface area contributed by atoms with Gasteiger partial charge in [-0.05, 0) is 30.0 Å². The van der Waals surface area contributed by atoms with Crippen LogP contribution in [0.2, 0.25) is 0 Å². The zero-order valence-corrected chi connectivity index (χ0v) is 8.94. The van der Waals surface area contributed by atoms with Gasteiger partial charge in [0.2, 0.25) is 0 Å².